The van der Waals surface area contributed by atoms with E-state index in [1.165, 1.54) is 51.4 Å². The SMILES string of the molecule is [Li][C](CCC)(CCC)CCCCC. The first-order valence-corrected chi connectivity index (χ1v) is 6.18. The minimum absolute atomic E-state index is 0.651. The molecule has 0 amide bonds. The van der Waals surface area contributed by atoms with E-state index in [0.29, 0.717) is 4.09 Å². The molecule has 0 nitrogen and oxygen atoms in total. The molecule has 0 saturated carbocycles. The van der Waals surface area contributed by atoms with Crippen LogP contribution in [0.3, 0.4) is 0 Å². The van der Waals surface area contributed by atoms with Gasteiger partial charge in [-0.2, -0.15) is 0 Å². The fourth-order valence-electron chi connectivity index (χ4n) is 2.38. The molecule has 0 saturated heterocycles. The van der Waals surface area contributed by atoms with Gasteiger partial charge in [-0.25, -0.2) is 0 Å². The van der Waals surface area contributed by atoms with Gasteiger partial charge in [0.15, 0.2) is 0 Å². The molecule has 0 N–H and O–H groups in total. The molecule has 0 aliphatic carbocycles. The number of rotatable bonds is 8. The van der Waals surface area contributed by atoms with Gasteiger partial charge in [-0.15, -0.1) is 0 Å². The van der Waals surface area contributed by atoms with Crippen molar-refractivity contribution < 1.29 is 0 Å². The second-order valence-electron chi connectivity index (χ2n) is 4.77. The topological polar surface area (TPSA) is 0 Å². The van der Waals surface area contributed by atoms with Gasteiger partial charge in [-0.1, -0.05) is 0 Å². The minimum atomic E-state index is 0.651. The first-order chi connectivity index (χ1) is 6.18. The van der Waals surface area contributed by atoms with Crippen LogP contribution in [-0.2, 0) is 0 Å². The normalized spacial score (nSPS) is 12.1. The quantitative estimate of drug-likeness (QED) is 0.377. The third-order valence-corrected chi connectivity index (χ3v) is 3.09. The Bertz CT molecular complexity index is 104. The van der Waals surface area contributed by atoms with Crippen molar-refractivity contribution in [3.63, 3.8) is 0 Å². The van der Waals surface area contributed by atoms with Gasteiger partial charge < -0.3 is 0 Å². The molecule has 74 valence electrons. The molecule has 0 aromatic rings. The molecule has 0 aromatic heterocycles. The van der Waals surface area contributed by atoms with E-state index in [4.69, 9.17) is 0 Å². The fraction of sp³-hybridized carbons (Fsp3) is 1.00. The summed E-state index contributed by atoms with van der Waals surface area (Å²) in [7, 11) is 0. The Morgan fingerprint density at radius 2 is 1.31 bits per heavy atom. The monoisotopic (exact) mass is 176 g/mol. The molecule has 0 atom stereocenters. The summed E-state index contributed by atoms with van der Waals surface area (Å²) < 4.78 is 0.651. The van der Waals surface area contributed by atoms with Crippen molar-refractivity contribution in [3.05, 3.63) is 0 Å². The first kappa shape index (κ1) is 13.6. The van der Waals surface area contributed by atoms with Crippen LogP contribution in [0.25, 0.3) is 0 Å². The second-order valence-corrected chi connectivity index (χ2v) is 4.77. The van der Waals surface area contributed by atoms with Crippen LogP contribution in [0.4, 0.5) is 0 Å². The maximum atomic E-state index is 2.48. The molecular weight excluding hydrogens is 151 g/mol. The van der Waals surface area contributed by atoms with Crippen molar-refractivity contribution in [1.82, 2.24) is 0 Å². The van der Waals surface area contributed by atoms with Crippen LogP contribution in [0.2, 0.25) is 4.09 Å². The van der Waals surface area contributed by atoms with E-state index in [1.807, 2.05) is 0 Å². The van der Waals surface area contributed by atoms with Crippen LogP contribution in [-0.4, -0.2) is 17.7 Å². The van der Waals surface area contributed by atoms with E-state index in [2.05, 4.69) is 38.5 Å². The summed E-state index contributed by atoms with van der Waals surface area (Å²) in [5.41, 5.74) is 0. The average Bonchev–Trinajstić information content (AvgIpc) is 2.05. The number of hydrogen-bond donors (Lipinski definition) is 0. The molecule has 0 fully saturated rings. The molecule has 0 spiro atoms. The standard InChI is InChI=1S/C12H25.Li/c1-4-7-8-11-12(9-5-2)10-6-3;/h4-11H2,1-3H3;. The molecule has 1 heteroatoms. The summed E-state index contributed by atoms with van der Waals surface area (Å²) >= 11 is 2.48. The Morgan fingerprint density at radius 3 is 1.69 bits per heavy atom. The van der Waals surface area contributed by atoms with Gasteiger partial charge in [0.1, 0.15) is 0 Å². The van der Waals surface area contributed by atoms with Crippen LogP contribution in [0, 0.1) is 0 Å². The summed E-state index contributed by atoms with van der Waals surface area (Å²) in [6.45, 7) is 6.92. The van der Waals surface area contributed by atoms with Crippen LogP contribution in [0.5, 0.6) is 0 Å². The molecule has 0 aliphatic heterocycles. The van der Waals surface area contributed by atoms with Crippen molar-refractivity contribution >= 4 is 17.7 Å². The molecule has 0 unspecified atom stereocenters. The van der Waals surface area contributed by atoms with Gasteiger partial charge >= 0.3 is 93.9 Å². The van der Waals surface area contributed by atoms with E-state index in [1.54, 1.807) is 0 Å². The van der Waals surface area contributed by atoms with Crippen LogP contribution in [0.1, 0.15) is 72.1 Å². The molecule has 13 heavy (non-hydrogen) atoms. The van der Waals surface area contributed by atoms with Gasteiger partial charge in [0.05, 0.1) is 0 Å². The fourth-order valence-corrected chi connectivity index (χ4v) is 2.38. The summed E-state index contributed by atoms with van der Waals surface area (Å²) in [6, 6.07) is 0. The van der Waals surface area contributed by atoms with Gasteiger partial charge in [-0.3, -0.25) is 0 Å². The van der Waals surface area contributed by atoms with Crippen molar-refractivity contribution in [2.45, 2.75) is 76.2 Å². The van der Waals surface area contributed by atoms with Gasteiger partial charge in [0.25, 0.3) is 0 Å². The molecule has 0 aliphatic rings. The van der Waals surface area contributed by atoms with E-state index >= 15 is 0 Å². The zero-order valence-corrected chi connectivity index (χ0v) is 10.2. The molecule has 0 heterocycles. The molecule has 0 aromatic carbocycles. The van der Waals surface area contributed by atoms with Crippen molar-refractivity contribution in [3.8, 4) is 0 Å². The van der Waals surface area contributed by atoms with Crippen LogP contribution in [0.15, 0.2) is 0 Å². The van der Waals surface area contributed by atoms with E-state index in [9.17, 15) is 0 Å². The zero-order valence-electron chi connectivity index (χ0n) is 10.2. The molecule has 0 radical (unpaired) electrons. The average molecular weight is 176 g/mol. The Morgan fingerprint density at radius 1 is 0.769 bits per heavy atom. The Labute approximate surface area is 94.1 Å². The predicted octanol–water partition coefficient (Wildman–Crippen LogP) is 4.49. The maximum absolute atomic E-state index is 2.48. The van der Waals surface area contributed by atoms with Crippen molar-refractivity contribution in [1.29, 1.82) is 0 Å². The number of hydrogen-bond acceptors (Lipinski definition) is 0. The Hall–Kier alpha value is 0.597. The Kier molecular flexibility index (Phi) is 8.32. The molecule has 0 bridgehead atoms. The number of unbranched alkanes of at least 4 members (excludes halogenated alkanes) is 2. The van der Waals surface area contributed by atoms with Gasteiger partial charge in [0.2, 0.25) is 0 Å². The van der Waals surface area contributed by atoms with E-state index < -0.39 is 0 Å². The van der Waals surface area contributed by atoms with Crippen molar-refractivity contribution in [2.24, 2.45) is 0 Å². The summed E-state index contributed by atoms with van der Waals surface area (Å²) in [4.78, 5) is 0. The molecular formula is C12H25Li. The summed E-state index contributed by atoms with van der Waals surface area (Å²) in [5, 5.41) is 0. The van der Waals surface area contributed by atoms with Gasteiger partial charge in [0, 0.05) is 0 Å². The van der Waals surface area contributed by atoms with E-state index in [0.717, 1.165) is 0 Å². The zero-order chi connectivity index (χ0) is 10.2. The summed E-state index contributed by atoms with van der Waals surface area (Å²) in [6.07, 6.45) is 11.2. The third kappa shape index (κ3) is 6.64. The second kappa shape index (κ2) is 7.95. The van der Waals surface area contributed by atoms with Crippen molar-refractivity contribution in [2.75, 3.05) is 0 Å². The molecule has 0 rings (SSSR count). The van der Waals surface area contributed by atoms with Crippen LogP contribution >= 0.6 is 0 Å². The van der Waals surface area contributed by atoms with Gasteiger partial charge in [-0.05, 0) is 0 Å². The first-order valence-electron chi connectivity index (χ1n) is 6.18. The third-order valence-electron chi connectivity index (χ3n) is 3.09. The predicted molar refractivity (Wildman–Crippen MR) is 62.4 cm³/mol. The summed E-state index contributed by atoms with van der Waals surface area (Å²) in [5.74, 6) is 0. The van der Waals surface area contributed by atoms with Crippen LogP contribution < -0.4 is 0 Å². The van der Waals surface area contributed by atoms with E-state index in [-0.39, 0.29) is 0 Å². The Balaban J connectivity index is 3.76.